The van der Waals surface area contributed by atoms with E-state index in [9.17, 15) is 23.4 Å². The lowest BCUT2D eigenvalue weighted by atomic mass is 10.1. The van der Waals surface area contributed by atoms with Gasteiger partial charge >= 0.3 is 4.87 Å². The first-order chi connectivity index (χ1) is 17.7. The summed E-state index contributed by atoms with van der Waals surface area (Å²) in [6.45, 7) is 1.30. The smallest absolute Gasteiger partial charge is 0.305 e. The first-order valence-corrected chi connectivity index (χ1v) is 14.4. The summed E-state index contributed by atoms with van der Waals surface area (Å²) in [5.41, 5.74) is 1.89. The number of fused-ring (bicyclic) bond motifs is 2. The number of rotatable bonds is 12. The third kappa shape index (κ3) is 6.13. The molecule has 1 unspecified atom stereocenters. The number of sulfonamides is 1. The van der Waals surface area contributed by atoms with Crippen molar-refractivity contribution in [1.82, 2.24) is 15.0 Å². The van der Waals surface area contributed by atoms with Crippen LogP contribution in [0.3, 0.4) is 0 Å². The van der Waals surface area contributed by atoms with Gasteiger partial charge < -0.3 is 25.4 Å². The summed E-state index contributed by atoms with van der Waals surface area (Å²) < 4.78 is 29.2. The number of thiazole rings is 1. The molecule has 0 spiro atoms. The molecule has 1 heterocycles. The van der Waals surface area contributed by atoms with Crippen LogP contribution in [0.1, 0.15) is 30.9 Å². The average molecular weight is 545 g/mol. The van der Waals surface area contributed by atoms with Crippen molar-refractivity contribution in [2.45, 2.75) is 30.3 Å². The molecule has 37 heavy (non-hydrogen) atoms. The molecule has 0 saturated heterocycles. The van der Waals surface area contributed by atoms with Crippen molar-refractivity contribution in [2.75, 3.05) is 38.6 Å². The van der Waals surface area contributed by atoms with E-state index in [2.05, 4.69) is 15.0 Å². The van der Waals surface area contributed by atoms with E-state index >= 15 is 0 Å². The average Bonchev–Trinajstić information content (AvgIpc) is 3.27. The number of hydrogen-bond acceptors (Lipinski definition) is 8. The van der Waals surface area contributed by atoms with Gasteiger partial charge in [-0.25, -0.2) is 13.1 Å². The van der Waals surface area contributed by atoms with Crippen LogP contribution in [0, 0.1) is 0 Å². The number of aliphatic hydroxyl groups excluding tert-OH is 1. The fourth-order valence-electron chi connectivity index (χ4n) is 4.38. The molecule has 0 radical (unpaired) electrons. The Labute approximate surface area is 219 Å². The number of phenolic OH excluding ortho intramolecular Hbond substituents is 1. The molecule has 3 aromatic carbocycles. The topological polar surface area (TPSA) is 135 Å². The number of aliphatic hydroxyl groups is 1. The van der Waals surface area contributed by atoms with Gasteiger partial charge in [-0.05, 0) is 37.6 Å². The van der Waals surface area contributed by atoms with Crippen LogP contribution in [0.5, 0.6) is 5.75 Å². The molecule has 0 aliphatic carbocycles. The van der Waals surface area contributed by atoms with Crippen LogP contribution in [0.25, 0.3) is 21.0 Å². The molecule has 0 bridgehead atoms. The van der Waals surface area contributed by atoms with E-state index in [0.29, 0.717) is 47.2 Å². The van der Waals surface area contributed by atoms with Gasteiger partial charge in [0.1, 0.15) is 11.3 Å². The SMILES string of the molecule is CN(C)c1cccc2c(S(=O)(=O)NCCCCCNCC(O)c3ccc(O)c4[nH]c(=O)sc34)cccc12. The van der Waals surface area contributed by atoms with Gasteiger partial charge in [-0.3, -0.25) is 4.79 Å². The fourth-order valence-corrected chi connectivity index (χ4v) is 6.59. The number of aromatic hydroxyl groups is 1. The Bertz CT molecular complexity index is 1550. The molecular formula is C26H32N4O5S2. The minimum atomic E-state index is -3.65. The number of nitrogens with one attached hydrogen (secondary N) is 3. The minimum Gasteiger partial charge on any atom is -0.506 e. The number of nitrogens with zero attached hydrogens (tertiary/aromatic N) is 1. The van der Waals surface area contributed by atoms with Gasteiger partial charge in [-0.15, -0.1) is 0 Å². The number of H-pyrrole nitrogens is 1. The maximum atomic E-state index is 13.0. The highest BCUT2D eigenvalue weighted by atomic mass is 32.2. The number of aromatic amines is 1. The number of benzene rings is 3. The Balaban J connectivity index is 1.23. The third-order valence-electron chi connectivity index (χ3n) is 6.24. The molecule has 1 aromatic heterocycles. The van der Waals surface area contributed by atoms with Gasteiger partial charge in [-0.1, -0.05) is 48.1 Å². The van der Waals surface area contributed by atoms with E-state index in [1.165, 1.54) is 6.07 Å². The molecule has 1 atom stereocenters. The molecule has 4 aromatic rings. The van der Waals surface area contributed by atoms with Crippen molar-refractivity contribution in [3.63, 3.8) is 0 Å². The van der Waals surface area contributed by atoms with E-state index in [-0.39, 0.29) is 15.5 Å². The van der Waals surface area contributed by atoms with Crippen molar-refractivity contribution in [3.05, 3.63) is 63.8 Å². The number of anilines is 1. The van der Waals surface area contributed by atoms with Gasteiger partial charge in [0, 0.05) is 49.2 Å². The second-order valence-electron chi connectivity index (χ2n) is 9.09. The lowest BCUT2D eigenvalue weighted by Crippen LogP contribution is -2.25. The summed E-state index contributed by atoms with van der Waals surface area (Å²) in [5, 5.41) is 25.2. The molecule has 198 valence electrons. The maximum absolute atomic E-state index is 13.0. The van der Waals surface area contributed by atoms with Crippen LogP contribution < -0.4 is 19.8 Å². The van der Waals surface area contributed by atoms with Crippen LogP contribution in [-0.2, 0) is 10.0 Å². The van der Waals surface area contributed by atoms with Gasteiger partial charge in [0.25, 0.3) is 0 Å². The van der Waals surface area contributed by atoms with Crippen LogP contribution in [-0.4, -0.2) is 57.3 Å². The predicted molar refractivity (Wildman–Crippen MR) is 149 cm³/mol. The van der Waals surface area contributed by atoms with Crippen LogP contribution in [0.4, 0.5) is 5.69 Å². The standard InChI is InChI=1S/C26H32N4O5S2/c1-30(2)20-10-6-9-18-17(20)8-7-11-23(18)37(34,35)28-15-5-3-4-14-27-16-22(32)19-12-13-21(31)24-25(19)36-26(33)29-24/h6-13,22,27-28,31-32H,3-5,14-16H2,1-2H3,(H,29,33). The first-order valence-electron chi connectivity index (χ1n) is 12.1. The molecule has 0 fully saturated rings. The van der Waals surface area contributed by atoms with E-state index in [1.54, 1.807) is 18.2 Å². The molecule has 5 N–H and O–H groups in total. The van der Waals surface area contributed by atoms with Crippen molar-refractivity contribution >= 4 is 48.0 Å². The Morgan fingerprint density at radius 1 is 1.00 bits per heavy atom. The Morgan fingerprint density at radius 3 is 2.51 bits per heavy atom. The highest BCUT2D eigenvalue weighted by molar-refractivity contribution is 7.89. The molecule has 9 nitrogen and oxygen atoms in total. The summed E-state index contributed by atoms with van der Waals surface area (Å²) in [4.78, 5) is 16.2. The lowest BCUT2D eigenvalue weighted by molar-refractivity contribution is 0.176. The predicted octanol–water partition coefficient (Wildman–Crippen LogP) is 3.29. The van der Waals surface area contributed by atoms with E-state index < -0.39 is 16.1 Å². The third-order valence-corrected chi connectivity index (χ3v) is 8.69. The quantitative estimate of drug-likeness (QED) is 0.173. The van der Waals surface area contributed by atoms with E-state index in [0.717, 1.165) is 35.3 Å². The lowest BCUT2D eigenvalue weighted by Gasteiger charge is -2.17. The highest BCUT2D eigenvalue weighted by Crippen LogP contribution is 2.31. The summed E-state index contributed by atoms with van der Waals surface area (Å²) in [6.07, 6.45) is 1.49. The largest absolute Gasteiger partial charge is 0.506 e. The molecule has 0 aliphatic heterocycles. The first kappa shape index (κ1) is 27.1. The van der Waals surface area contributed by atoms with Gasteiger partial charge in [0.15, 0.2) is 0 Å². The number of unbranched alkanes of at least 4 members (excludes halogenated alkanes) is 2. The number of aromatic nitrogens is 1. The van der Waals surface area contributed by atoms with E-state index in [4.69, 9.17) is 0 Å². The van der Waals surface area contributed by atoms with Gasteiger partial charge in [-0.2, -0.15) is 0 Å². The van der Waals surface area contributed by atoms with Crippen molar-refractivity contribution < 1.29 is 18.6 Å². The van der Waals surface area contributed by atoms with Crippen LogP contribution in [0.15, 0.2) is 58.2 Å². The van der Waals surface area contributed by atoms with E-state index in [1.807, 2.05) is 43.3 Å². The molecule has 0 amide bonds. The van der Waals surface area contributed by atoms with Crippen molar-refractivity contribution in [3.8, 4) is 5.75 Å². The Hall–Kier alpha value is -2.96. The fraction of sp³-hybridized carbons (Fsp3) is 0.346. The summed E-state index contributed by atoms with van der Waals surface area (Å²) >= 11 is 0.960. The van der Waals surface area contributed by atoms with Crippen molar-refractivity contribution in [2.24, 2.45) is 0 Å². The summed E-state index contributed by atoms with van der Waals surface area (Å²) in [6, 6.07) is 14.1. The Kier molecular flexibility index (Phi) is 8.50. The summed E-state index contributed by atoms with van der Waals surface area (Å²) in [5.74, 6) is -0.0216. The Morgan fingerprint density at radius 2 is 1.73 bits per heavy atom. The molecular weight excluding hydrogens is 512 g/mol. The monoisotopic (exact) mass is 544 g/mol. The number of hydrogen-bond donors (Lipinski definition) is 5. The van der Waals surface area contributed by atoms with Crippen molar-refractivity contribution in [1.29, 1.82) is 0 Å². The maximum Gasteiger partial charge on any atom is 0.305 e. The zero-order valence-electron chi connectivity index (χ0n) is 20.8. The minimum absolute atomic E-state index is 0.0216. The van der Waals surface area contributed by atoms with Crippen LogP contribution >= 0.6 is 11.3 Å². The summed E-state index contributed by atoms with van der Waals surface area (Å²) in [7, 11) is 0.218. The zero-order valence-corrected chi connectivity index (χ0v) is 22.5. The molecule has 4 rings (SSSR count). The molecule has 0 saturated carbocycles. The van der Waals surface area contributed by atoms with Gasteiger partial charge in [0.05, 0.1) is 15.7 Å². The van der Waals surface area contributed by atoms with Gasteiger partial charge in [0.2, 0.25) is 10.0 Å². The number of phenols is 1. The molecule has 0 aliphatic rings. The second-order valence-corrected chi connectivity index (χ2v) is 11.8. The van der Waals surface area contributed by atoms with Crippen LogP contribution in [0.2, 0.25) is 0 Å². The normalized spacial score (nSPS) is 12.8. The molecule has 11 heteroatoms. The highest BCUT2D eigenvalue weighted by Gasteiger charge is 2.18. The zero-order chi connectivity index (χ0) is 26.6. The second kappa shape index (κ2) is 11.6.